The smallest absolute Gasteiger partial charge is 0.368 e. The standard InChI is InChI=1S/C9H8F3N7S/c10-9(11,12)5-3-6(15-7(13)14-5)20-8-16-17-18-19(8)4-1-2-4/h3-4H,1-2H2,(H2,13,14,15). The predicted molar refractivity (Wildman–Crippen MR) is 61.7 cm³/mol. The van der Waals surface area contributed by atoms with E-state index in [-0.39, 0.29) is 11.1 Å². The van der Waals surface area contributed by atoms with Crippen LogP contribution in [0.3, 0.4) is 0 Å². The van der Waals surface area contributed by atoms with Gasteiger partial charge in [0, 0.05) is 6.07 Å². The summed E-state index contributed by atoms with van der Waals surface area (Å²) in [5.41, 5.74) is 4.22. The molecular weight excluding hydrogens is 295 g/mol. The molecule has 2 heterocycles. The Morgan fingerprint density at radius 2 is 2.05 bits per heavy atom. The van der Waals surface area contributed by atoms with Crippen molar-refractivity contribution in [3.05, 3.63) is 11.8 Å². The van der Waals surface area contributed by atoms with E-state index < -0.39 is 17.8 Å². The molecule has 20 heavy (non-hydrogen) atoms. The summed E-state index contributed by atoms with van der Waals surface area (Å²) in [4.78, 5) is 6.94. The van der Waals surface area contributed by atoms with E-state index in [1.165, 1.54) is 0 Å². The number of rotatable bonds is 3. The summed E-state index contributed by atoms with van der Waals surface area (Å²) in [5.74, 6) is -0.437. The molecule has 1 fully saturated rings. The highest BCUT2D eigenvalue weighted by Gasteiger charge is 2.34. The third-order valence-corrected chi connectivity index (χ3v) is 3.43. The first-order valence-electron chi connectivity index (χ1n) is 5.61. The topological polar surface area (TPSA) is 95.4 Å². The minimum absolute atomic E-state index is 0.0570. The van der Waals surface area contributed by atoms with Crippen molar-refractivity contribution >= 4 is 17.7 Å². The van der Waals surface area contributed by atoms with Gasteiger partial charge in [-0.1, -0.05) is 0 Å². The number of tetrazole rings is 1. The zero-order chi connectivity index (χ0) is 14.3. The van der Waals surface area contributed by atoms with Crippen molar-refractivity contribution in [1.29, 1.82) is 0 Å². The van der Waals surface area contributed by atoms with Crippen LogP contribution in [0, 0.1) is 0 Å². The first-order chi connectivity index (χ1) is 9.43. The maximum absolute atomic E-state index is 12.6. The Balaban J connectivity index is 1.90. The van der Waals surface area contributed by atoms with Gasteiger partial charge in [0.2, 0.25) is 11.1 Å². The normalized spacial score (nSPS) is 15.6. The number of nitrogen functional groups attached to an aromatic ring is 1. The molecule has 2 N–H and O–H groups in total. The first-order valence-corrected chi connectivity index (χ1v) is 6.42. The van der Waals surface area contributed by atoms with Crippen LogP contribution in [-0.2, 0) is 6.18 Å². The van der Waals surface area contributed by atoms with Crippen LogP contribution < -0.4 is 5.73 Å². The van der Waals surface area contributed by atoms with Crippen LogP contribution in [0.25, 0.3) is 0 Å². The van der Waals surface area contributed by atoms with Crippen molar-refractivity contribution in [2.75, 3.05) is 5.73 Å². The Labute approximate surface area is 114 Å². The van der Waals surface area contributed by atoms with Crippen LogP contribution in [0.4, 0.5) is 19.1 Å². The molecule has 3 rings (SSSR count). The molecule has 106 valence electrons. The molecule has 7 nitrogen and oxygen atoms in total. The molecule has 0 spiro atoms. The largest absolute Gasteiger partial charge is 0.433 e. The van der Waals surface area contributed by atoms with Gasteiger partial charge in [0.15, 0.2) is 5.69 Å². The van der Waals surface area contributed by atoms with Gasteiger partial charge in [-0.3, -0.25) is 0 Å². The number of nitrogens with zero attached hydrogens (tertiary/aromatic N) is 6. The molecule has 0 aromatic carbocycles. The Morgan fingerprint density at radius 3 is 2.70 bits per heavy atom. The van der Waals surface area contributed by atoms with Crippen molar-refractivity contribution in [3.8, 4) is 0 Å². The quantitative estimate of drug-likeness (QED) is 0.859. The lowest BCUT2D eigenvalue weighted by Crippen LogP contribution is -2.11. The van der Waals surface area contributed by atoms with Crippen LogP contribution in [0.1, 0.15) is 24.6 Å². The van der Waals surface area contributed by atoms with Crippen LogP contribution in [-0.4, -0.2) is 30.2 Å². The van der Waals surface area contributed by atoms with E-state index in [2.05, 4.69) is 25.5 Å². The molecule has 11 heteroatoms. The van der Waals surface area contributed by atoms with E-state index in [0.717, 1.165) is 30.7 Å². The molecule has 0 amide bonds. The van der Waals surface area contributed by atoms with Crippen LogP contribution in [0.5, 0.6) is 0 Å². The first kappa shape index (κ1) is 13.1. The van der Waals surface area contributed by atoms with E-state index in [9.17, 15) is 13.2 Å². The number of hydrogen-bond donors (Lipinski definition) is 1. The SMILES string of the molecule is Nc1nc(Sc2nnnn2C2CC2)cc(C(F)(F)F)n1. The fourth-order valence-electron chi connectivity index (χ4n) is 1.53. The van der Waals surface area contributed by atoms with Crippen molar-refractivity contribution < 1.29 is 13.2 Å². The highest BCUT2D eigenvalue weighted by Crippen LogP contribution is 2.38. The maximum Gasteiger partial charge on any atom is 0.433 e. The Bertz CT molecular complexity index is 637. The zero-order valence-electron chi connectivity index (χ0n) is 9.87. The molecule has 1 saturated carbocycles. The second-order valence-electron chi connectivity index (χ2n) is 4.19. The van der Waals surface area contributed by atoms with Crippen molar-refractivity contribution in [1.82, 2.24) is 30.2 Å². The number of halogens is 3. The summed E-state index contributed by atoms with van der Waals surface area (Å²) < 4.78 is 39.5. The van der Waals surface area contributed by atoms with Crippen molar-refractivity contribution in [2.45, 2.75) is 35.2 Å². The second-order valence-corrected chi connectivity index (χ2v) is 5.17. The summed E-state index contributed by atoms with van der Waals surface area (Å²) >= 11 is 0.929. The number of nitrogens with two attached hydrogens (primary N) is 1. The van der Waals surface area contributed by atoms with E-state index >= 15 is 0 Å². The molecule has 0 aliphatic heterocycles. The van der Waals surface area contributed by atoms with Crippen molar-refractivity contribution in [3.63, 3.8) is 0 Å². The molecule has 0 atom stereocenters. The molecular formula is C9H8F3N7S. The van der Waals surface area contributed by atoms with Gasteiger partial charge in [-0.2, -0.15) is 13.2 Å². The van der Waals surface area contributed by atoms with Gasteiger partial charge in [0.05, 0.1) is 6.04 Å². The third-order valence-electron chi connectivity index (χ3n) is 2.56. The van der Waals surface area contributed by atoms with Gasteiger partial charge in [0.25, 0.3) is 0 Å². The second kappa shape index (κ2) is 4.58. The van der Waals surface area contributed by atoms with Gasteiger partial charge >= 0.3 is 6.18 Å². The Kier molecular flexibility index (Phi) is 3.00. The fraction of sp³-hybridized carbons (Fsp3) is 0.444. The van der Waals surface area contributed by atoms with E-state index in [4.69, 9.17) is 5.73 Å². The average Bonchev–Trinajstić information content (AvgIpc) is 3.09. The molecule has 0 bridgehead atoms. The monoisotopic (exact) mass is 303 g/mol. The average molecular weight is 303 g/mol. The maximum atomic E-state index is 12.6. The highest BCUT2D eigenvalue weighted by atomic mass is 32.2. The minimum atomic E-state index is -4.57. The van der Waals surface area contributed by atoms with E-state index in [0.29, 0.717) is 5.16 Å². The molecule has 0 saturated heterocycles. The van der Waals surface area contributed by atoms with Gasteiger partial charge < -0.3 is 5.73 Å². The molecule has 0 radical (unpaired) electrons. The van der Waals surface area contributed by atoms with Crippen LogP contribution >= 0.6 is 11.8 Å². The lowest BCUT2D eigenvalue weighted by Gasteiger charge is -2.08. The van der Waals surface area contributed by atoms with E-state index in [1.807, 2.05) is 0 Å². The summed E-state index contributed by atoms with van der Waals surface area (Å²) in [6, 6.07) is 1.04. The molecule has 1 aliphatic rings. The van der Waals surface area contributed by atoms with Crippen LogP contribution in [0.15, 0.2) is 16.2 Å². The third kappa shape index (κ3) is 2.66. The number of anilines is 1. The van der Waals surface area contributed by atoms with Gasteiger partial charge in [-0.15, -0.1) is 5.10 Å². The summed E-state index contributed by atoms with van der Waals surface area (Å²) in [6.45, 7) is 0. The minimum Gasteiger partial charge on any atom is -0.368 e. The fourth-order valence-corrected chi connectivity index (χ4v) is 2.39. The zero-order valence-corrected chi connectivity index (χ0v) is 10.7. The number of aromatic nitrogens is 6. The predicted octanol–water partition coefficient (Wildman–Crippen LogP) is 1.55. The number of alkyl halides is 3. The summed E-state index contributed by atoms with van der Waals surface area (Å²) in [7, 11) is 0. The number of hydrogen-bond acceptors (Lipinski definition) is 7. The Hall–Kier alpha value is -1.91. The lowest BCUT2D eigenvalue weighted by molar-refractivity contribution is -0.141. The highest BCUT2D eigenvalue weighted by molar-refractivity contribution is 7.99. The lowest BCUT2D eigenvalue weighted by atomic mass is 10.4. The molecule has 0 unspecified atom stereocenters. The van der Waals surface area contributed by atoms with Crippen molar-refractivity contribution in [2.24, 2.45) is 0 Å². The summed E-state index contributed by atoms with van der Waals surface area (Å²) in [6.07, 6.45) is -2.66. The molecule has 1 aliphatic carbocycles. The molecule has 2 aromatic rings. The summed E-state index contributed by atoms with van der Waals surface area (Å²) in [5, 5.41) is 11.5. The van der Waals surface area contributed by atoms with Gasteiger partial charge in [-0.05, 0) is 35.0 Å². The van der Waals surface area contributed by atoms with Gasteiger partial charge in [0.1, 0.15) is 5.03 Å². The Morgan fingerprint density at radius 1 is 1.30 bits per heavy atom. The van der Waals surface area contributed by atoms with Crippen LogP contribution in [0.2, 0.25) is 0 Å². The van der Waals surface area contributed by atoms with Gasteiger partial charge in [-0.25, -0.2) is 14.6 Å². The van der Waals surface area contributed by atoms with E-state index in [1.54, 1.807) is 4.68 Å². The molecule has 2 aromatic heterocycles.